The van der Waals surface area contributed by atoms with Crippen LogP contribution < -0.4 is 0 Å². The summed E-state index contributed by atoms with van der Waals surface area (Å²) in [5, 5.41) is 10.6. The summed E-state index contributed by atoms with van der Waals surface area (Å²) in [6.45, 7) is 4.61. The van der Waals surface area contributed by atoms with Gasteiger partial charge in [0.1, 0.15) is 19.3 Å². The van der Waals surface area contributed by atoms with E-state index < -0.39 is 97.5 Å². The minimum atomic E-state index is -4.99. The topological polar surface area (TPSA) is 237 Å². The van der Waals surface area contributed by atoms with E-state index >= 15 is 0 Å². The van der Waals surface area contributed by atoms with Crippen molar-refractivity contribution in [1.82, 2.24) is 0 Å². The Morgan fingerprint density at radius 2 is 0.550 bits per heavy atom. The predicted molar refractivity (Wildman–Crippen MR) is 408 cm³/mol. The Morgan fingerprint density at radius 1 is 0.290 bits per heavy atom. The van der Waals surface area contributed by atoms with Crippen molar-refractivity contribution in [3.63, 3.8) is 0 Å². The first-order chi connectivity index (χ1) is 48.7. The molecular formula is C81H140O17P2. The summed E-state index contributed by atoms with van der Waals surface area (Å²) in [5.74, 6) is -2.29. The van der Waals surface area contributed by atoms with Crippen LogP contribution in [0.3, 0.4) is 0 Å². The van der Waals surface area contributed by atoms with Gasteiger partial charge in [0.15, 0.2) is 12.2 Å². The van der Waals surface area contributed by atoms with E-state index in [1.165, 1.54) is 103 Å². The summed E-state index contributed by atoms with van der Waals surface area (Å²) in [7, 11) is -9.97. The molecule has 0 heterocycles. The van der Waals surface area contributed by atoms with Crippen molar-refractivity contribution < 1.29 is 80.2 Å². The fourth-order valence-corrected chi connectivity index (χ4v) is 11.8. The first kappa shape index (κ1) is 95.7. The Balaban J connectivity index is 5.39. The number of carbonyl (C=O) groups is 4. The maximum atomic E-state index is 13.1. The van der Waals surface area contributed by atoms with Crippen LogP contribution in [0.5, 0.6) is 0 Å². The van der Waals surface area contributed by atoms with Gasteiger partial charge in [0.25, 0.3) is 0 Å². The van der Waals surface area contributed by atoms with E-state index in [-0.39, 0.29) is 25.7 Å². The number of hydrogen-bond donors (Lipinski definition) is 3. The first-order valence-electron chi connectivity index (χ1n) is 39.1. The van der Waals surface area contributed by atoms with Crippen molar-refractivity contribution in [3.05, 3.63) is 109 Å². The largest absolute Gasteiger partial charge is 0.472 e. The molecule has 3 N–H and O–H groups in total. The highest BCUT2D eigenvalue weighted by atomic mass is 31.2. The lowest BCUT2D eigenvalue weighted by Gasteiger charge is -2.21. The number of allylic oxidation sites excluding steroid dienone is 18. The van der Waals surface area contributed by atoms with E-state index in [9.17, 15) is 43.2 Å². The minimum Gasteiger partial charge on any atom is -0.462 e. The zero-order valence-corrected chi connectivity index (χ0v) is 64.6. The Kier molecular flexibility index (Phi) is 69.9. The molecule has 0 radical (unpaired) electrons. The van der Waals surface area contributed by atoms with Gasteiger partial charge in [-0.3, -0.25) is 37.3 Å². The van der Waals surface area contributed by atoms with Crippen molar-refractivity contribution in [2.75, 3.05) is 39.6 Å². The molecule has 576 valence electrons. The van der Waals surface area contributed by atoms with E-state index in [1.54, 1.807) is 0 Å². The molecular weight excluding hydrogens is 1310 g/mol. The molecule has 100 heavy (non-hydrogen) atoms. The standard InChI is InChI=1S/C81H140O17P2/c1-5-9-13-17-21-25-29-32-35-36-37-38-41-43-47-50-54-58-62-66-79(84)92-72-77(98-81(86)68-64-60-56-52-48-44-40-34-31-27-23-19-15-11-7-3)74-96-100(89,90)94-70-75(82)69-93-99(87,88)95-73-76(97-80(85)67-63-59-55-51-45-28-24-20-16-12-8-4)71-91-78(83)65-61-57-53-49-46-42-39-33-30-26-22-18-14-10-6-2/h9,13,20-21,23-25,27,32,34-35,37-38,40,43,47,54,58,75-77,82H,5-8,10-12,14-19,22,26,28-31,33,36,39,41-42,44-46,48-53,55-57,59-74H2,1-4H3,(H,87,88)(H,89,90)/b13-9-,24-20-,25-21-,27-23-,35-32-,38-37-,40-34-,47-43-,58-54-. The smallest absolute Gasteiger partial charge is 0.462 e. The SMILES string of the molecule is CC/C=C\C/C=C\C/C=C\C/C=C\C/C=C\C/C=C\CCC(=O)OCC(COP(=O)(O)OCC(O)COP(=O)(O)OCC(COC(=O)CCCCCCCCCCCCCCCCC)OC(=O)CCCCCCC/C=C\CCCC)OC(=O)CCCCCCC/C=C\C/C=C\CCCCC. The van der Waals surface area contributed by atoms with Crippen LogP contribution in [-0.2, 0) is 65.4 Å². The highest BCUT2D eigenvalue weighted by Gasteiger charge is 2.30. The van der Waals surface area contributed by atoms with Crippen LogP contribution in [0.4, 0.5) is 0 Å². The van der Waals surface area contributed by atoms with Gasteiger partial charge in [-0.25, -0.2) is 9.13 Å². The second-order valence-corrected chi connectivity index (χ2v) is 28.8. The average Bonchev–Trinajstić information content (AvgIpc) is 0.985. The molecule has 0 saturated heterocycles. The van der Waals surface area contributed by atoms with Crippen LogP contribution in [-0.4, -0.2) is 96.7 Å². The number of carbonyl (C=O) groups excluding carboxylic acids is 4. The fraction of sp³-hybridized carbons (Fsp3) is 0.728. The zero-order chi connectivity index (χ0) is 73.2. The van der Waals surface area contributed by atoms with E-state index in [1.807, 2.05) is 18.2 Å². The number of phosphoric ester groups is 2. The minimum absolute atomic E-state index is 0.0320. The van der Waals surface area contributed by atoms with Gasteiger partial charge in [0.05, 0.1) is 26.4 Å². The number of unbranched alkanes of at least 4 members (excludes halogenated alkanes) is 29. The molecule has 5 unspecified atom stereocenters. The fourth-order valence-electron chi connectivity index (χ4n) is 10.3. The van der Waals surface area contributed by atoms with Crippen LogP contribution in [0.2, 0.25) is 0 Å². The molecule has 19 heteroatoms. The predicted octanol–water partition coefficient (Wildman–Crippen LogP) is 22.6. The second kappa shape index (κ2) is 73.0. The normalized spacial score (nSPS) is 14.5. The van der Waals surface area contributed by atoms with E-state index in [4.69, 9.17) is 37.0 Å². The molecule has 0 aliphatic rings. The van der Waals surface area contributed by atoms with Crippen LogP contribution in [0, 0.1) is 0 Å². The number of hydrogen-bond acceptors (Lipinski definition) is 15. The molecule has 5 atom stereocenters. The van der Waals surface area contributed by atoms with Crippen molar-refractivity contribution >= 4 is 39.5 Å². The molecule has 17 nitrogen and oxygen atoms in total. The number of phosphoric acid groups is 2. The van der Waals surface area contributed by atoms with Crippen molar-refractivity contribution in [2.24, 2.45) is 0 Å². The Hall–Kier alpha value is -4.28. The van der Waals surface area contributed by atoms with Gasteiger partial charge in [-0.2, -0.15) is 0 Å². The average molecular weight is 1450 g/mol. The Bertz CT molecular complexity index is 2320. The third kappa shape index (κ3) is 72.1. The summed E-state index contributed by atoms with van der Waals surface area (Å²) in [5.41, 5.74) is 0. The maximum absolute atomic E-state index is 13.1. The molecule has 0 aromatic carbocycles. The number of esters is 4. The van der Waals surface area contributed by atoms with Crippen LogP contribution in [0.25, 0.3) is 0 Å². The molecule has 0 bridgehead atoms. The Morgan fingerprint density at radius 3 is 0.920 bits per heavy atom. The van der Waals surface area contributed by atoms with Gasteiger partial charge in [-0.05, 0) is 116 Å². The van der Waals surface area contributed by atoms with Crippen molar-refractivity contribution in [3.8, 4) is 0 Å². The summed E-state index contributed by atoms with van der Waals surface area (Å²) in [6.07, 6.45) is 78.1. The maximum Gasteiger partial charge on any atom is 0.472 e. The number of ether oxygens (including phenoxy) is 4. The van der Waals surface area contributed by atoms with Crippen molar-refractivity contribution in [1.29, 1.82) is 0 Å². The Labute approximate surface area is 607 Å². The lowest BCUT2D eigenvalue weighted by molar-refractivity contribution is -0.161. The second-order valence-electron chi connectivity index (χ2n) is 25.9. The zero-order valence-electron chi connectivity index (χ0n) is 62.8. The van der Waals surface area contributed by atoms with E-state index in [2.05, 4.69) is 119 Å². The first-order valence-corrected chi connectivity index (χ1v) is 42.1. The van der Waals surface area contributed by atoms with Gasteiger partial charge in [-0.1, -0.05) is 291 Å². The monoisotopic (exact) mass is 1450 g/mol. The molecule has 0 rings (SSSR count). The van der Waals surface area contributed by atoms with E-state index in [0.717, 1.165) is 135 Å². The highest BCUT2D eigenvalue weighted by molar-refractivity contribution is 7.47. The van der Waals surface area contributed by atoms with Crippen LogP contribution in [0.1, 0.15) is 323 Å². The van der Waals surface area contributed by atoms with Crippen LogP contribution in [0.15, 0.2) is 109 Å². The van der Waals surface area contributed by atoms with Gasteiger partial charge in [-0.15, -0.1) is 0 Å². The van der Waals surface area contributed by atoms with Crippen molar-refractivity contribution in [2.45, 2.75) is 341 Å². The summed E-state index contributed by atoms with van der Waals surface area (Å²) in [6, 6.07) is 0. The third-order valence-electron chi connectivity index (χ3n) is 16.2. The molecule has 0 aromatic rings. The van der Waals surface area contributed by atoms with Gasteiger partial charge in [0.2, 0.25) is 0 Å². The lowest BCUT2D eigenvalue weighted by atomic mass is 10.0. The molecule has 0 aliphatic heterocycles. The van der Waals surface area contributed by atoms with Gasteiger partial charge in [0, 0.05) is 25.7 Å². The molecule has 0 aromatic heterocycles. The molecule has 0 aliphatic carbocycles. The molecule has 0 saturated carbocycles. The van der Waals surface area contributed by atoms with E-state index in [0.29, 0.717) is 32.1 Å². The summed E-state index contributed by atoms with van der Waals surface area (Å²) < 4.78 is 68.4. The van der Waals surface area contributed by atoms with Gasteiger partial charge < -0.3 is 33.8 Å². The third-order valence-corrected chi connectivity index (χ3v) is 18.1. The summed E-state index contributed by atoms with van der Waals surface area (Å²) >= 11 is 0. The number of rotatable bonds is 73. The quantitative estimate of drug-likeness (QED) is 0.0169. The molecule has 0 fully saturated rings. The summed E-state index contributed by atoms with van der Waals surface area (Å²) in [4.78, 5) is 72.8. The van der Waals surface area contributed by atoms with Crippen LogP contribution >= 0.6 is 15.6 Å². The molecule has 0 spiro atoms. The number of aliphatic hydroxyl groups excluding tert-OH is 1. The van der Waals surface area contributed by atoms with Gasteiger partial charge >= 0.3 is 39.5 Å². The molecule has 0 amide bonds. The highest BCUT2D eigenvalue weighted by Crippen LogP contribution is 2.45. The number of aliphatic hydroxyl groups is 1. The lowest BCUT2D eigenvalue weighted by Crippen LogP contribution is -2.30.